The zero-order chi connectivity index (χ0) is 13.9. The van der Waals surface area contributed by atoms with Crippen LogP contribution in [0.5, 0.6) is 0 Å². The molecular formula is C13H14ClFN4. The number of halogens is 2. The maximum absolute atomic E-state index is 14.2. The molecule has 0 N–H and O–H groups in total. The Balaban J connectivity index is 2.40. The third-order valence-electron chi connectivity index (χ3n) is 3.70. The average Bonchev–Trinajstić information content (AvgIpc) is 2.62. The molecule has 0 aliphatic carbocycles. The predicted molar refractivity (Wildman–Crippen MR) is 73.0 cm³/mol. The van der Waals surface area contributed by atoms with E-state index in [0.29, 0.717) is 16.4 Å². The van der Waals surface area contributed by atoms with Crippen LogP contribution < -0.4 is 4.90 Å². The van der Waals surface area contributed by atoms with E-state index in [1.165, 1.54) is 4.68 Å². The highest BCUT2D eigenvalue weighted by Crippen LogP contribution is 2.46. The molecule has 3 heterocycles. The third-order valence-corrected chi connectivity index (χ3v) is 3.96. The minimum atomic E-state index is -0.300. The molecule has 4 nitrogen and oxygen atoms in total. The van der Waals surface area contributed by atoms with Gasteiger partial charge >= 0.3 is 0 Å². The van der Waals surface area contributed by atoms with Crippen LogP contribution in [0.3, 0.4) is 0 Å². The Hall–Kier alpha value is -1.62. The summed E-state index contributed by atoms with van der Waals surface area (Å²) in [7, 11) is 3.50. The van der Waals surface area contributed by atoms with Crippen molar-refractivity contribution in [2.75, 3.05) is 11.9 Å². The third kappa shape index (κ3) is 1.57. The van der Waals surface area contributed by atoms with Crippen LogP contribution >= 0.6 is 11.6 Å². The molecule has 0 amide bonds. The molecule has 0 bridgehead atoms. The first-order valence-corrected chi connectivity index (χ1v) is 6.42. The summed E-state index contributed by atoms with van der Waals surface area (Å²) in [6.45, 7) is 3.80. The largest absolute Gasteiger partial charge is 0.365 e. The number of rotatable bonds is 0. The van der Waals surface area contributed by atoms with Gasteiger partial charge in [0.15, 0.2) is 5.15 Å². The molecule has 19 heavy (non-hydrogen) atoms. The molecule has 0 fully saturated rings. The van der Waals surface area contributed by atoms with Crippen LogP contribution in [-0.2, 0) is 7.05 Å². The molecule has 0 radical (unpaired) electrons. The van der Waals surface area contributed by atoms with Crippen LogP contribution in [0.1, 0.15) is 24.2 Å². The van der Waals surface area contributed by atoms with Crippen molar-refractivity contribution in [2.24, 2.45) is 7.05 Å². The zero-order valence-corrected chi connectivity index (χ0v) is 12.0. The molecule has 0 saturated heterocycles. The highest BCUT2D eigenvalue weighted by atomic mass is 35.5. The SMILES string of the molecule is Cc1cc2c(c(Cl)n1)N(C)C(C)c1c-2nn(C)c1F. The van der Waals surface area contributed by atoms with Crippen LogP contribution in [0, 0.1) is 12.9 Å². The number of pyridine rings is 1. The van der Waals surface area contributed by atoms with E-state index in [1.54, 1.807) is 7.05 Å². The van der Waals surface area contributed by atoms with Crippen molar-refractivity contribution < 1.29 is 4.39 Å². The Morgan fingerprint density at radius 2 is 2.05 bits per heavy atom. The zero-order valence-electron chi connectivity index (χ0n) is 11.2. The minimum Gasteiger partial charge on any atom is -0.365 e. The van der Waals surface area contributed by atoms with E-state index >= 15 is 0 Å². The van der Waals surface area contributed by atoms with Gasteiger partial charge in [-0.2, -0.15) is 9.49 Å². The van der Waals surface area contributed by atoms with Crippen molar-refractivity contribution in [1.29, 1.82) is 0 Å². The standard InChI is InChI=1S/C13H14ClFN4/c1-6-5-8-10-9(13(15)19(4)17-10)7(2)18(3)11(8)12(14)16-6/h5,7H,1-4H3. The van der Waals surface area contributed by atoms with E-state index in [4.69, 9.17) is 11.6 Å². The lowest BCUT2D eigenvalue weighted by molar-refractivity contribution is 0.487. The Kier molecular flexibility index (Phi) is 2.57. The van der Waals surface area contributed by atoms with Gasteiger partial charge in [-0.05, 0) is 19.9 Å². The van der Waals surface area contributed by atoms with Crippen LogP contribution in [0.15, 0.2) is 6.07 Å². The summed E-state index contributed by atoms with van der Waals surface area (Å²) in [6.07, 6.45) is 0. The molecule has 6 heteroatoms. The van der Waals surface area contributed by atoms with E-state index in [-0.39, 0.29) is 12.0 Å². The van der Waals surface area contributed by atoms with E-state index < -0.39 is 0 Å². The summed E-state index contributed by atoms with van der Waals surface area (Å²) < 4.78 is 15.5. The Morgan fingerprint density at radius 3 is 2.74 bits per heavy atom. The Morgan fingerprint density at radius 1 is 1.37 bits per heavy atom. The second-order valence-corrected chi connectivity index (χ2v) is 5.27. The van der Waals surface area contributed by atoms with Gasteiger partial charge < -0.3 is 4.90 Å². The molecule has 1 aliphatic heterocycles. The second kappa shape index (κ2) is 3.93. The fourth-order valence-electron chi connectivity index (χ4n) is 2.62. The summed E-state index contributed by atoms with van der Waals surface area (Å²) in [5.41, 5.74) is 3.72. The van der Waals surface area contributed by atoms with Crippen molar-refractivity contribution in [1.82, 2.24) is 14.8 Å². The predicted octanol–water partition coefficient (Wildman–Crippen LogP) is 3.09. The summed E-state index contributed by atoms with van der Waals surface area (Å²) >= 11 is 6.24. The van der Waals surface area contributed by atoms with Crippen LogP contribution in [0.25, 0.3) is 11.3 Å². The maximum atomic E-state index is 14.2. The van der Waals surface area contributed by atoms with Gasteiger partial charge in [0.25, 0.3) is 0 Å². The number of aromatic nitrogens is 3. The lowest BCUT2D eigenvalue weighted by atomic mass is 9.95. The molecule has 2 aromatic heterocycles. The Bertz CT molecular complexity index is 680. The van der Waals surface area contributed by atoms with E-state index in [2.05, 4.69) is 10.1 Å². The molecule has 0 spiro atoms. The molecule has 1 unspecified atom stereocenters. The van der Waals surface area contributed by atoms with Crippen molar-refractivity contribution >= 4 is 17.3 Å². The molecule has 2 aromatic rings. The van der Waals surface area contributed by atoms with Gasteiger partial charge in [0, 0.05) is 25.4 Å². The van der Waals surface area contributed by atoms with Gasteiger partial charge in [-0.15, -0.1) is 0 Å². The van der Waals surface area contributed by atoms with Gasteiger partial charge in [-0.3, -0.25) is 0 Å². The number of anilines is 1. The molecule has 0 aromatic carbocycles. The molecule has 1 aliphatic rings. The van der Waals surface area contributed by atoms with E-state index in [1.807, 2.05) is 31.9 Å². The van der Waals surface area contributed by atoms with Gasteiger partial charge in [-0.1, -0.05) is 11.6 Å². The molecule has 100 valence electrons. The van der Waals surface area contributed by atoms with Gasteiger partial charge in [0.05, 0.1) is 17.3 Å². The lowest BCUT2D eigenvalue weighted by Crippen LogP contribution is -2.27. The first-order valence-electron chi connectivity index (χ1n) is 6.04. The Labute approximate surface area is 115 Å². The molecule has 1 atom stereocenters. The van der Waals surface area contributed by atoms with E-state index in [9.17, 15) is 4.39 Å². The molecule has 0 saturated carbocycles. The second-order valence-electron chi connectivity index (χ2n) is 4.91. The number of hydrogen-bond acceptors (Lipinski definition) is 3. The number of fused-ring (bicyclic) bond motifs is 3. The van der Waals surface area contributed by atoms with Gasteiger partial charge in [-0.25, -0.2) is 9.67 Å². The van der Waals surface area contributed by atoms with Crippen LogP contribution in [0.4, 0.5) is 10.1 Å². The smallest absolute Gasteiger partial charge is 0.217 e. The fourth-order valence-corrected chi connectivity index (χ4v) is 2.99. The summed E-state index contributed by atoms with van der Waals surface area (Å²) in [5, 5.41) is 4.72. The quantitative estimate of drug-likeness (QED) is 0.696. The summed E-state index contributed by atoms with van der Waals surface area (Å²) in [4.78, 5) is 6.21. The highest BCUT2D eigenvalue weighted by molar-refractivity contribution is 6.33. The molecular weight excluding hydrogens is 267 g/mol. The highest BCUT2D eigenvalue weighted by Gasteiger charge is 2.34. The minimum absolute atomic E-state index is 0.127. The van der Waals surface area contributed by atoms with Gasteiger partial charge in [0.2, 0.25) is 5.95 Å². The monoisotopic (exact) mass is 280 g/mol. The summed E-state index contributed by atoms with van der Waals surface area (Å²) in [5.74, 6) is -0.300. The van der Waals surface area contributed by atoms with Crippen molar-refractivity contribution in [3.05, 3.63) is 28.4 Å². The van der Waals surface area contributed by atoms with Crippen LogP contribution in [-0.4, -0.2) is 21.8 Å². The van der Waals surface area contributed by atoms with Crippen molar-refractivity contribution in [2.45, 2.75) is 19.9 Å². The van der Waals surface area contributed by atoms with Crippen LogP contribution in [0.2, 0.25) is 5.15 Å². The van der Waals surface area contributed by atoms with Gasteiger partial charge in [0.1, 0.15) is 5.69 Å². The maximum Gasteiger partial charge on any atom is 0.217 e. The summed E-state index contributed by atoms with van der Waals surface area (Å²) in [6, 6.07) is 1.77. The fraction of sp³-hybridized carbons (Fsp3) is 0.385. The van der Waals surface area contributed by atoms with Crippen molar-refractivity contribution in [3.8, 4) is 11.3 Å². The topological polar surface area (TPSA) is 34.0 Å². The average molecular weight is 281 g/mol. The number of hydrogen-bond donors (Lipinski definition) is 0. The van der Waals surface area contributed by atoms with E-state index in [0.717, 1.165) is 16.9 Å². The molecule has 3 rings (SSSR count). The lowest BCUT2D eigenvalue weighted by Gasteiger charge is -2.33. The van der Waals surface area contributed by atoms with Crippen molar-refractivity contribution in [3.63, 3.8) is 0 Å². The normalized spacial score (nSPS) is 17.4. The first-order chi connectivity index (χ1) is 8.91. The number of nitrogens with zero attached hydrogens (tertiary/aromatic N) is 4. The first kappa shape index (κ1) is 12.4. The number of aryl methyl sites for hydroxylation is 2.